The molecule has 0 unspecified atom stereocenters. The maximum atomic E-state index is 14.0. The molecular weight excluding hydrogens is 265 g/mol. The van der Waals surface area contributed by atoms with E-state index in [1.165, 1.54) is 6.07 Å². The Labute approximate surface area is 116 Å². The summed E-state index contributed by atoms with van der Waals surface area (Å²) in [5, 5.41) is 0.598. The maximum Gasteiger partial charge on any atom is 0.146 e. The number of rotatable bonds is 2. The Morgan fingerprint density at radius 2 is 2.26 bits per heavy atom. The van der Waals surface area contributed by atoms with E-state index in [9.17, 15) is 4.39 Å². The van der Waals surface area contributed by atoms with Crippen LogP contribution in [0.3, 0.4) is 0 Å². The van der Waals surface area contributed by atoms with Crippen molar-refractivity contribution in [2.45, 2.75) is 19.4 Å². The molecule has 2 aromatic rings. The molecule has 0 radical (unpaired) electrons. The summed E-state index contributed by atoms with van der Waals surface area (Å²) in [5.41, 5.74) is 1.79. The number of hydrogen-bond donors (Lipinski definition) is 0. The van der Waals surface area contributed by atoms with Crippen molar-refractivity contribution in [3.63, 3.8) is 0 Å². The summed E-state index contributed by atoms with van der Waals surface area (Å²) in [6.07, 6.45) is 3.60. The third-order valence-corrected chi connectivity index (χ3v) is 3.97. The minimum Gasteiger partial charge on any atom is -0.361 e. The summed E-state index contributed by atoms with van der Waals surface area (Å²) < 4.78 is 15.9. The number of halogens is 2. The zero-order valence-corrected chi connectivity index (χ0v) is 11.5. The van der Waals surface area contributed by atoms with E-state index in [4.69, 9.17) is 11.6 Å². The van der Waals surface area contributed by atoms with E-state index in [2.05, 4.69) is 4.98 Å². The Morgan fingerprint density at radius 3 is 3.00 bits per heavy atom. The van der Waals surface area contributed by atoms with Crippen LogP contribution in [0.2, 0.25) is 5.15 Å². The SMILES string of the molecule is Cn1c(Cl)cnc1CN1CCCc2cccc(F)c21. The molecule has 3 nitrogen and oxygen atoms in total. The van der Waals surface area contributed by atoms with E-state index in [1.54, 1.807) is 12.3 Å². The number of aryl methyl sites for hydroxylation is 1. The highest BCUT2D eigenvalue weighted by atomic mass is 35.5. The number of benzene rings is 1. The van der Waals surface area contributed by atoms with E-state index >= 15 is 0 Å². The van der Waals surface area contributed by atoms with Gasteiger partial charge in [0.05, 0.1) is 18.4 Å². The largest absolute Gasteiger partial charge is 0.361 e. The molecule has 0 aliphatic carbocycles. The van der Waals surface area contributed by atoms with Crippen LogP contribution in [0.4, 0.5) is 10.1 Å². The van der Waals surface area contributed by atoms with Crippen LogP contribution < -0.4 is 4.90 Å². The lowest BCUT2D eigenvalue weighted by Crippen LogP contribution is -2.30. The lowest BCUT2D eigenvalue weighted by atomic mass is 10.0. The second kappa shape index (κ2) is 4.85. The van der Waals surface area contributed by atoms with Gasteiger partial charge in [-0.3, -0.25) is 0 Å². The molecule has 5 heteroatoms. The summed E-state index contributed by atoms with van der Waals surface area (Å²) in [4.78, 5) is 6.33. The summed E-state index contributed by atoms with van der Waals surface area (Å²) in [7, 11) is 1.87. The lowest BCUT2D eigenvalue weighted by molar-refractivity contribution is 0.588. The number of fused-ring (bicyclic) bond motifs is 1. The molecule has 1 aromatic carbocycles. The molecule has 1 aromatic heterocycles. The van der Waals surface area contributed by atoms with Crippen molar-refractivity contribution in [3.05, 3.63) is 46.8 Å². The normalized spacial score (nSPS) is 14.6. The average molecular weight is 280 g/mol. The van der Waals surface area contributed by atoms with Gasteiger partial charge in [-0.25, -0.2) is 9.37 Å². The molecule has 0 bridgehead atoms. The van der Waals surface area contributed by atoms with Crippen LogP contribution in [-0.2, 0) is 20.0 Å². The average Bonchev–Trinajstić information content (AvgIpc) is 2.71. The number of imidazole rings is 1. The third-order valence-electron chi connectivity index (χ3n) is 3.62. The standard InChI is InChI=1S/C14H15ClFN3/c1-18-12(15)8-17-13(18)9-19-7-3-5-10-4-2-6-11(16)14(10)19/h2,4,6,8H,3,5,7,9H2,1H3. The molecule has 0 fully saturated rings. The molecule has 1 aliphatic rings. The minimum absolute atomic E-state index is 0.155. The first-order valence-electron chi connectivity index (χ1n) is 6.35. The Hall–Kier alpha value is -1.55. The predicted molar refractivity (Wildman–Crippen MR) is 74.0 cm³/mol. The van der Waals surface area contributed by atoms with Crippen molar-refractivity contribution in [3.8, 4) is 0 Å². The summed E-state index contributed by atoms with van der Waals surface area (Å²) >= 11 is 5.99. The lowest BCUT2D eigenvalue weighted by Gasteiger charge is -2.31. The van der Waals surface area contributed by atoms with Crippen LogP contribution in [0, 0.1) is 5.82 Å². The summed E-state index contributed by atoms with van der Waals surface area (Å²) in [6, 6.07) is 5.29. The quantitative estimate of drug-likeness (QED) is 0.842. The molecule has 0 atom stereocenters. The van der Waals surface area contributed by atoms with Gasteiger partial charge in [-0.2, -0.15) is 0 Å². The van der Waals surface area contributed by atoms with Crippen molar-refractivity contribution in [1.29, 1.82) is 0 Å². The summed E-state index contributed by atoms with van der Waals surface area (Å²) in [5.74, 6) is 0.693. The minimum atomic E-state index is -0.155. The number of nitrogens with zero attached hydrogens (tertiary/aromatic N) is 3. The number of aromatic nitrogens is 2. The Bertz CT molecular complexity index is 609. The van der Waals surface area contributed by atoms with Gasteiger partial charge in [0.2, 0.25) is 0 Å². The number of para-hydroxylation sites is 1. The molecule has 2 heterocycles. The van der Waals surface area contributed by atoms with Gasteiger partial charge in [-0.15, -0.1) is 0 Å². The van der Waals surface area contributed by atoms with Gasteiger partial charge < -0.3 is 9.47 Å². The predicted octanol–water partition coefficient (Wildman–Crippen LogP) is 3.17. The van der Waals surface area contributed by atoms with Crippen LogP contribution in [0.25, 0.3) is 0 Å². The Balaban J connectivity index is 1.94. The van der Waals surface area contributed by atoms with Gasteiger partial charge in [0.15, 0.2) is 0 Å². The van der Waals surface area contributed by atoms with Crippen molar-refractivity contribution >= 4 is 17.3 Å². The smallest absolute Gasteiger partial charge is 0.146 e. The second-order valence-corrected chi connectivity index (χ2v) is 5.22. The molecule has 1 aliphatic heterocycles. The van der Waals surface area contributed by atoms with Crippen LogP contribution in [0.5, 0.6) is 0 Å². The topological polar surface area (TPSA) is 21.1 Å². The van der Waals surface area contributed by atoms with E-state index < -0.39 is 0 Å². The monoisotopic (exact) mass is 279 g/mol. The van der Waals surface area contributed by atoms with E-state index in [-0.39, 0.29) is 5.82 Å². The Kier molecular flexibility index (Phi) is 3.19. The summed E-state index contributed by atoms with van der Waals surface area (Å²) in [6.45, 7) is 1.43. The van der Waals surface area contributed by atoms with Crippen LogP contribution in [0.1, 0.15) is 17.8 Å². The second-order valence-electron chi connectivity index (χ2n) is 4.83. The molecule has 0 saturated carbocycles. The van der Waals surface area contributed by atoms with Gasteiger partial charge in [0.1, 0.15) is 16.8 Å². The fourth-order valence-electron chi connectivity index (χ4n) is 2.59. The van der Waals surface area contributed by atoms with Crippen LogP contribution >= 0.6 is 11.6 Å². The van der Waals surface area contributed by atoms with Crippen LogP contribution in [0.15, 0.2) is 24.4 Å². The maximum absolute atomic E-state index is 14.0. The van der Waals surface area contributed by atoms with E-state index in [0.717, 1.165) is 30.8 Å². The molecule has 19 heavy (non-hydrogen) atoms. The molecule has 3 rings (SSSR count). The Morgan fingerprint density at radius 1 is 1.42 bits per heavy atom. The highest BCUT2D eigenvalue weighted by molar-refractivity contribution is 6.29. The molecular formula is C14H15ClFN3. The molecule has 0 spiro atoms. The van der Waals surface area contributed by atoms with Gasteiger partial charge in [-0.1, -0.05) is 23.7 Å². The molecule has 100 valence electrons. The van der Waals surface area contributed by atoms with Gasteiger partial charge in [-0.05, 0) is 24.5 Å². The molecule has 0 amide bonds. The molecule has 0 N–H and O–H groups in total. The fraction of sp³-hybridized carbons (Fsp3) is 0.357. The number of hydrogen-bond acceptors (Lipinski definition) is 2. The first-order chi connectivity index (χ1) is 9.16. The van der Waals surface area contributed by atoms with Crippen molar-refractivity contribution < 1.29 is 4.39 Å². The highest BCUT2D eigenvalue weighted by Crippen LogP contribution is 2.31. The fourth-order valence-corrected chi connectivity index (χ4v) is 2.73. The van der Waals surface area contributed by atoms with Gasteiger partial charge in [0, 0.05) is 13.6 Å². The van der Waals surface area contributed by atoms with Crippen molar-refractivity contribution in [2.75, 3.05) is 11.4 Å². The first kappa shape index (κ1) is 12.5. The van der Waals surface area contributed by atoms with Crippen molar-refractivity contribution in [1.82, 2.24) is 9.55 Å². The first-order valence-corrected chi connectivity index (χ1v) is 6.73. The third kappa shape index (κ3) is 2.21. The van der Waals surface area contributed by atoms with E-state index in [0.29, 0.717) is 17.4 Å². The van der Waals surface area contributed by atoms with Gasteiger partial charge >= 0.3 is 0 Å². The number of anilines is 1. The zero-order chi connectivity index (χ0) is 13.4. The van der Waals surface area contributed by atoms with E-state index in [1.807, 2.05) is 22.6 Å². The zero-order valence-electron chi connectivity index (χ0n) is 10.7. The van der Waals surface area contributed by atoms with Gasteiger partial charge in [0.25, 0.3) is 0 Å². The molecule has 0 saturated heterocycles. The van der Waals surface area contributed by atoms with Crippen molar-refractivity contribution in [2.24, 2.45) is 7.05 Å². The highest BCUT2D eigenvalue weighted by Gasteiger charge is 2.21. The van der Waals surface area contributed by atoms with Crippen LogP contribution in [-0.4, -0.2) is 16.1 Å².